The largest absolute Gasteiger partial charge is 0.369 e. The summed E-state index contributed by atoms with van der Waals surface area (Å²) in [6, 6.07) is 4.96. The van der Waals surface area contributed by atoms with Gasteiger partial charge in [-0.3, -0.25) is 4.79 Å². The molecule has 3 rings (SSSR count). The average molecular weight is 399 g/mol. The molecule has 1 aromatic rings. The summed E-state index contributed by atoms with van der Waals surface area (Å²) < 4.78 is 28.0. The molecule has 0 radical (unpaired) electrons. The van der Waals surface area contributed by atoms with E-state index in [-0.39, 0.29) is 16.7 Å². The van der Waals surface area contributed by atoms with Crippen LogP contribution in [0.15, 0.2) is 23.1 Å². The van der Waals surface area contributed by atoms with Gasteiger partial charge in [0.05, 0.1) is 10.3 Å². The number of carbonyl (C=O) groups excluding carboxylic acids is 1. The van der Waals surface area contributed by atoms with Gasteiger partial charge in [0.2, 0.25) is 15.9 Å². The molecule has 0 spiro atoms. The van der Waals surface area contributed by atoms with Crippen LogP contribution in [0.3, 0.4) is 0 Å². The minimum Gasteiger partial charge on any atom is -0.369 e. The van der Waals surface area contributed by atoms with Crippen molar-refractivity contribution < 1.29 is 13.2 Å². The van der Waals surface area contributed by atoms with Gasteiger partial charge in [-0.15, -0.1) is 0 Å². The molecule has 2 aliphatic rings. The van der Waals surface area contributed by atoms with Gasteiger partial charge in [0.25, 0.3) is 0 Å². The monoisotopic (exact) mass is 398 g/mol. The molecule has 1 aliphatic heterocycles. The molecule has 144 valence electrons. The predicted octanol–water partition coefficient (Wildman–Crippen LogP) is 3.48. The smallest absolute Gasteiger partial charge is 0.243 e. The fourth-order valence-electron chi connectivity index (χ4n) is 4.66. The Hall–Kier alpha value is -1.11. The van der Waals surface area contributed by atoms with Gasteiger partial charge in [-0.05, 0) is 56.2 Å². The van der Waals surface area contributed by atoms with Crippen LogP contribution in [0.4, 0.5) is 0 Å². The third-order valence-electron chi connectivity index (χ3n) is 6.24. The van der Waals surface area contributed by atoms with E-state index in [9.17, 15) is 13.2 Å². The van der Waals surface area contributed by atoms with Gasteiger partial charge in [-0.2, -0.15) is 4.31 Å². The van der Waals surface area contributed by atoms with E-state index in [1.807, 2.05) is 0 Å². The lowest BCUT2D eigenvalue weighted by atomic mass is 9.63. The van der Waals surface area contributed by atoms with E-state index in [4.69, 9.17) is 17.3 Å². The third kappa shape index (κ3) is 3.39. The molecule has 1 aromatic carbocycles. The Bertz CT molecular complexity index is 788. The first-order valence-corrected chi connectivity index (χ1v) is 11.2. The first-order valence-electron chi connectivity index (χ1n) is 9.34. The quantitative estimate of drug-likeness (QED) is 0.842. The van der Waals surface area contributed by atoms with Crippen LogP contribution >= 0.6 is 11.6 Å². The average Bonchev–Trinajstić information content (AvgIpc) is 2.64. The summed E-state index contributed by atoms with van der Waals surface area (Å²) in [6.45, 7) is 2.56. The summed E-state index contributed by atoms with van der Waals surface area (Å²) in [5.74, 6) is -0.274. The maximum atomic E-state index is 13.2. The minimum absolute atomic E-state index is 0.0108. The van der Waals surface area contributed by atoms with Gasteiger partial charge < -0.3 is 5.73 Å². The summed E-state index contributed by atoms with van der Waals surface area (Å²) in [7, 11) is -3.64. The van der Waals surface area contributed by atoms with Crippen LogP contribution in [0.5, 0.6) is 0 Å². The summed E-state index contributed by atoms with van der Waals surface area (Å²) in [6.07, 6.45) is 6.24. The number of hydrogen-bond acceptors (Lipinski definition) is 3. The second-order valence-electron chi connectivity index (χ2n) is 7.65. The number of benzene rings is 1. The molecule has 1 saturated carbocycles. The highest BCUT2D eigenvalue weighted by Crippen LogP contribution is 2.46. The summed E-state index contributed by atoms with van der Waals surface area (Å²) >= 11 is 6.13. The number of rotatable bonds is 4. The standard InChI is InChI=1S/C19H27ClN2O3S/c1-14-16(20)8-5-9-17(14)26(24,25)22-12-6-7-15(13-22)19(18(21)23)10-3-2-4-11-19/h5,8-9,15H,2-4,6-7,10-13H2,1H3,(H2,21,23)/t15-/m1/s1. The molecule has 1 atom stereocenters. The highest BCUT2D eigenvalue weighted by Gasteiger charge is 2.47. The number of carbonyl (C=O) groups is 1. The van der Waals surface area contributed by atoms with Crippen LogP contribution in [0.2, 0.25) is 5.02 Å². The maximum Gasteiger partial charge on any atom is 0.243 e. The zero-order chi connectivity index (χ0) is 18.9. The molecule has 1 aliphatic carbocycles. The van der Waals surface area contributed by atoms with Crippen LogP contribution in [0.25, 0.3) is 0 Å². The number of nitrogens with two attached hydrogens (primary N) is 1. The molecular formula is C19H27ClN2O3S. The van der Waals surface area contributed by atoms with Crippen LogP contribution in [0.1, 0.15) is 50.5 Å². The number of hydrogen-bond donors (Lipinski definition) is 1. The van der Waals surface area contributed by atoms with Gasteiger partial charge in [0.15, 0.2) is 0 Å². The first-order chi connectivity index (χ1) is 12.3. The number of primary amides is 1. The molecule has 26 heavy (non-hydrogen) atoms. The van der Waals surface area contributed by atoms with Crippen LogP contribution < -0.4 is 5.73 Å². The van der Waals surface area contributed by atoms with Crippen LogP contribution in [0, 0.1) is 18.3 Å². The van der Waals surface area contributed by atoms with E-state index in [1.54, 1.807) is 25.1 Å². The first kappa shape index (κ1) is 19.6. The topological polar surface area (TPSA) is 80.5 Å². The Balaban J connectivity index is 1.90. The van der Waals surface area contributed by atoms with Crippen molar-refractivity contribution in [2.75, 3.05) is 13.1 Å². The second kappa shape index (κ2) is 7.49. The maximum absolute atomic E-state index is 13.2. The summed E-state index contributed by atoms with van der Waals surface area (Å²) in [5.41, 5.74) is 5.83. The Morgan fingerprint density at radius 3 is 2.58 bits per heavy atom. The van der Waals surface area contributed by atoms with Crippen LogP contribution in [-0.4, -0.2) is 31.7 Å². The van der Waals surface area contributed by atoms with E-state index >= 15 is 0 Å². The lowest BCUT2D eigenvalue weighted by molar-refractivity contribution is -0.134. The van der Waals surface area contributed by atoms with Crippen molar-refractivity contribution in [3.05, 3.63) is 28.8 Å². The Labute approximate surface area is 160 Å². The molecule has 2 fully saturated rings. The van der Waals surface area contributed by atoms with Gasteiger partial charge >= 0.3 is 0 Å². The van der Waals surface area contributed by atoms with Gasteiger partial charge in [-0.25, -0.2) is 8.42 Å². The van der Waals surface area contributed by atoms with Crippen molar-refractivity contribution in [1.29, 1.82) is 0 Å². The third-order valence-corrected chi connectivity index (χ3v) is 8.66. The molecule has 5 nitrogen and oxygen atoms in total. The molecular weight excluding hydrogens is 372 g/mol. The van der Waals surface area contributed by atoms with Gasteiger partial charge in [-0.1, -0.05) is 36.9 Å². The molecule has 1 heterocycles. The summed E-state index contributed by atoms with van der Waals surface area (Å²) in [4.78, 5) is 12.6. The number of amides is 1. The fraction of sp³-hybridized carbons (Fsp3) is 0.632. The Kier molecular flexibility index (Phi) is 5.66. The van der Waals surface area contributed by atoms with Gasteiger partial charge in [0.1, 0.15) is 0 Å². The van der Waals surface area contributed by atoms with E-state index in [0.29, 0.717) is 23.7 Å². The molecule has 1 saturated heterocycles. The van der Waals surface area contributed by atoms with Crippen molar-refractivity contribution in [2.45, 2.75) is 56.8 Å². The minimum atomic E-state index is -3.64. The normalized spacial score (nSPS) is 24.3. The predicted molar refractivity (Wildman–Crippen MR) is 102 cm³/mol. The van der Waals surface area contributed by atoms with Gasteiger partial charge in [0, 0.05) is 18.1 Å². The van der Waals surface area contributed by atoms with Crippen LogP contribution in [-0.2, 0) is 14.8 Å². The Morgan fingerprint density at radius 1 is 1.23 bits per heavy atom. The van der Waals surface area contributed by atoms with Crippen molar-refractivity contribution in [3.8, 4) is 0 Å². The van der Waals surface area contributed by atoms with E-state index in [1.165, 1.54) is 4.31 Å². The number of piperidine rings is 1. The van der Waals surface area contributed by atoms with Crippen molar-refractivity contribution in [1.82, 2.24) is 4.31 Å². The molecule has 0 aromatic heterocycles. The van der Waals surface area contributed by atoms with Crippen molar-refractivity contribution in [3.63, 3.8) is 0 Å². The molecule has 0 bridgehead atoms. The fourth-order valence-corrected chi connectivity index (χ4v) is 6.66. The van der Waals surface area contributed by atoms with E-state index in [0.717, 1.165) is 44.9 Å². The molecule has 1 amide bonds. The number of nitrogens with zero attached hydrogens (tertiary/aromatic N) is 1. The molecule has 2 N–H and O–H groups in total. The SMILES string of the molecule is Cc1c(Cl)cccc1S(=O)(=O)N1CCC[C@@H](C2(C(N)=O)CCCCC2)C1. The summed E-state index contributed by atoms with van der Waals surface area (Å²) in [5, 5.41) is 0.445. The lowest BCUT2D eigenvalue weighted by Gasteiger charge is -2.45. The highest BCUT2D eigenvalue weighted by molar-refractivity contribution is 7.89. The zero-order valence-corrected chi connectivity index (χ0v) is 16.8. The van der Waals surface area contributed by atoms with Crippen molar-refractivity contribution in [2.24, 2.45) is 17.1 Å². The van der Waals surface area contributed by atoms with E-state index in [2.05, 4.69) is 0 Å². The molecule has 0 unspecified atom stereocenters. The zero-order valence-electron chi connectivity index (χ0n) is 15.2. The Morgan fingerprint density at radius 2 is 1.92 bits per heavy atom. The lowest BCUT2D eigenvalue weighted by Crippen LogP contribution is -2.52. The second-order valence-corrected chi connectivity index (χ2v) is 9.96. The van der Waals surface area contributed by atoms with Crippen molar-refractivity contribution >= 4 is 27.5 Å². The number of halogens is 1. The molecule has 7 heteroatoms. The number of sulfonamides is 1. The highest BCUT2D eigenvalue weighted by atomic mass is 35.5. The van der Waals surface area contributed by atoms with E-state index < -0.39 is 15.4 Å².